The Labute approximate surface area is 214 Å². The molecule has 2 aliphatic rings. The molecule has 190 valence electrons. The summed E-state index contributed by atoms with van der Waals surface area (Å²) in [5.74, 6) is -0.272. The number of aryl methyl sites for hydroxylation is 1. The number of benzene rings is 2. The Morgan fingerprint density at radius 1 is 1.16 bits per heavy atom. The van der Waals surface area contributed by atoms with E-state index in [1.807, 2.05) is 12.1 Å². The topological polar surface area (TPSA) is 106 Å². The van der Waals surface area contributed by atoms with E-state index in [9.17, 15) is 24.5 Å². The Balaban J connectivity index is 1.39. The smallest absolute Gasteiger partial charge is 0.270 e. The van der Waals surface area contributed by atoms with Crippen molar-refractivity contribution in [3.05, 3.63) is 87.6 Å². The van der Waals surface area contributed by atoms with Crippen molar-refractivity contribution in [2.24, 2.45) is 5.92 Å². The number of fused-ring (bicyclic) bond motifs is 2. The van der Waals surface area contributed by atoms with Gasteiger partial charge in [-0.15, -0.1) is 0 Å². The number of amides is 2. The Morgan fingerprint density at radius 3 is 2.68 bits per heavy atom. The fourth-order valence-corrected chi connectivity index (χ4v) is 5.43. The standard InChI is InChI=1S/C28H28N4O5/c1-3-27(34)31-13-19(14-31)11-22(33)16-30-17-25(24-12-21(32(36)37)7-8-26(24)30)28(35)29-10-9-23-18(2)5-4-6-20(23)15-29/h3-8,12,17,19H,1,9-11,13-16H2,2H3. The lowest BCUT2D eigenvalue weighted by Gasteiger charge is -2.38. The number of rotatable bonds is 7. The van der Waals surface area contributed by atoms with Crippen molar-refractivity contribution in [1.82, 2.24) is 14.4 Å². The summed E-state index contributed by atoms with van der Waals surface area (Å²) in [6.45, 7) is 7.67. The third kappa shape index (κ3) is 4.64. The maximum atomic E-state index is 13.7. The first-order valence-electron chi connectivity index (χ1n) is 12.3. The van der Waals surface area contributed by atoms with Crippen LogP contribution in [0.2, 0.25) is 0 Å². The van der Waals surface area contributed by atoms with Crippen molar-refractivity contribution < 1.29 is 19.3 Å². The van der Waals surface area contributed by atoms with Crippen molar-refractivity contribution >= 4 is 34.2 Å². The van der Waals surface area contributed by atoms with Gasteiger partial charge in [0.2, 0.25) is 5.91 Å². The number of carbonyl (C=O) groups excluding carboxylic acids is 3. The number of hydrogen-bond donors (Lipinski definition) is 0. The molecule has 0 N–H and O–H groups in total. The van der Waals surface area contributed by atoms with Crippen molar-refractivity contribution in [2.75, 3.05) is 19.6 Å². The van der Waals surface area contributed by atoms with Crippen LogP contribution in [0, 0.1) is 23.0 Å². The number of likely N-dealkylation sites (tertiary alicyclic amines) is 1. The van der Waals surface area contributed by atoms with Crippen LogP contribution >= 0.6 is 0 Å². The van der Waals surface area contributed by atoms with E-state index < -0.39 is 4.92 Å². The van der Waals surface area contributed by atoms with Gasteiger partial charge in [-0.05, 0) is 42.2 Å². The summed E-state index contributed by atoms with van der Waals surface area (Å²) < 4.78 is 1.71. The molecule has 0 saturated carbocycles. The van der Waals surface area contributed by atoms with Crippen molar-refractivity contribution in [3.8, 4) is 0 Å². The largest absolute Gasteiger partial charge is 0.339 e. The van der Waals surface area contributed by atoms with E-state index in [-0.39, 0.29) is 35.7 Å². The highest BCUT2D eigenvalue weighted by molar-refractivity contribution is 6.08. The molecular weight excluding hydrogens is 472 g/mol. The highest BCUT2D eigenvalue weighted by Crippen LogP contribution is 2.30. The monoisotopic (exact) mass is 500 g/mol. The average molecular weight is 501 g/mol. The SMILES string of the molecule is C=CC(=O)N1CC(CC(=O)Cn2cc(C(=O)N3CCc4c(C)cccc4C3)c3cc([N+](=O)[O-])ccc32)C1. The van der Waals surface area contributed by atoms with Crippen LogP contribution in [0.1, 0.15) is 33.5 Å². The molecule has 0 spiro atoms. The molecule has 3 aromatic rings. The fraction of sp³-hybridized carbons (Fsp3) is 0.321. The summed E-state index contributed by atoms with van der Waals surface area (Å²) in [7, 11) is 0. The molecule has 1 aromatic heterocycles. The molecule has 37 heavy (non-hydrogen) atoms. The minimum atomic E-state index is -0.483. The Hall–Kier alpha value is -4.27. The molecule has 5 rings (SSSR count). The van der Waals surface area contributed by atoms with Crippen molar-refractivity contribution in [3.63, 3.8) is 0 Å². The van der Waals surface area contributed by atoms with Crippen LogP contribution in [0.4, 0.5) is 5.69 Å². The number of ketones is 1. The molecule has 1 fully saturated rings. The molecule has 9 heteroatoms. The second kappa shape index (κ2) is 9.65. The summed E-state index contributed by atoms with van der Waals surface area (Å²) in [5, 5.41) is 11.9. The van der Waals surface area contributed by atoms with Crippen LogP contribution in [0.25, 0.3) is 10.9 Å². The normalized spacial score (nSPS) is 15.3. The predicted molar refractivity (Wildman–Crippen MR) is 138 cm³/mol. The second-order valence-electron chi connectivity index (χ2n) is 9.87. The average Bonchev–Trinajstić information content (AvgIpc) is 3.22. The molecule has 2 aromatic carbocycles. The summed E-state index contributed by atoms with van der Waals surface area (Å²) >= 11 is 0. The van der Waals surface area contributed by atoms with Gasteiger partial charge in [-0.25, -0.2) is 0 Å². The highest BCUT2D eigenvalue weighted by atomic mass is 16.6. The molecule has 0 aliphatic carbocycles. The highest BCUT2D eigenvalue weighted by Gasteiger charge is 2.31. The van der Waals surface area contributed by atoms with Crippen LogP contribution in [-0.4, -0.2) is 56.5 Å². The van der Waals surface area contributed by atoms with E-state index >= 15 is 0 Å². The van der Waals surface area contributed by atoms with Gasteiger partial charge >= 0.3 is 0 Å². The third-order valence-electron chi connectivity index (χ3n) is 7.40. The van der Waals surface area contributed by atoms with E-state index in [1.54, 1.807) is 26.6 Å². The number of non-ortho nitro benzene ring substituents is 1. The maximum absolute atomic E-state index is 13.7. The lowest BCUT2D eigenvalue weighted by atomic mass is 9.94. The molecule has 2 amide bonds. The molecule has 2 aliphatic heterocycles. The minimum Gasteiger partial charge on any atom is -0.339 e. The lowest BCUT2D eigenvalue weighted by molar-refractivity contribution is -0.384. The van der Waals surface area contributed by atoms with Gasteiger partial charge in [0.1, 0.15) is 0 Å². The van der Waals surface area contributed by atoms with E-state index in [0.29, 0.717) is 49.1 Å². The van der Waals surface area contributed by atoms with E-state index in [1.165, 1.54) is 29.3 Å². The zero-order valence-electron chi connectivity index (χ0n) is 20.7. The van der Waals surface area contributed by atoms with E-state index in [2.05, 4.69) is 19.6 Å². The molecule has 0 radical (unpaired) electrons. The molecule has 0 atom stereocenters. The van der Waals surface area contributed by atoms with Gasteiger partial charge in [0.25, 0.3) is 11.6 Å². The lowest BCUT2D eigenvalue weighted by Crippen LogP contribution is -2.50. The number of nitro groups is 1. The molecule has 3 heterocycles. The first-order chi connectivity index (χ1) is 17.7. The number of hydrogen-bond acceptors (Lipinski definition) is 5. The zero-order chi connectivity index (χ0) is 26.3. The third-order valence-corrected chi connectivity index (χ3v) is 7.40. The van der Waals surface area contributed by atoms with Crippen LogP contribution in [0.15, 0.2) is 55.3 Å². The predicted octanol–water partition coefficient (Wildman–Crippen LogP) is 3.66. The molecule has 0 unspecified atom stereocenters. The number of aromatic nitrogens is 1. The summed E-state index contributed by atoms with van der Waals surface area (Å²) in [6, 6.07) is 10.5. The summed E-state index contributed by atoms with van der Waals surface area (Å²) in [5.41, 5.74) is 4.43. The van der Waals surface area contributed by atoms with Gasteiger partial charge < -0.3 is 14.4 Å². The maximum Gasteiger partial charge on any atom is 0.270 e. The molecular formula is C28H28N4O5. The van der Waals surface area contributed by atoms with Gasteiger partial charge in [0, 0.05) is 67.8 Å². The minimum absolute atomic E-state index is 0.0210. The van der Waals surface area contributed by atoms with Crippen LogP contribution in [0.3, 0.4) is 0 Å². The summed E-state index contributed by atoms with van der Waals surface area (Å²) in [4.78, 5) is 52.6. The van der Waals surface area contributed by atoms with Gasteiger partial charge in [0.05, 0.1) is 17.0 Å². The molecule has 9 nitrogen and oxygen atoms in total. The Kier molecular flexibility index (Phi) is 6.37. The van der Waals surface area contributed by atoms with Crippen molar-refractivity contribution in [1.29, 1.82) is 0 Å². The zero-order valence-corrected chi connectivity index (χ0v) is 20.7. The fourth-order valence-electron chi connectivity index (χ4n) is 5.43. The van der Waals surface area contributed by atoms with Crippen LogP contribution in [-0.2, 0) is 29.1 Å². The van der Waals surface area contributed by atoms with E-state index in [0.717, 1.165) is 12.0 Å². The first kappa shape index (κ1) is 24.4. The molecule has 1 saturated heterocycles. The van der Waals surface area contributed by atoms with Gasteiger partial charge in [0.15, 0.2) is 5.78 Å². The number of Topliss-reactive ketones (excluding diaryl/α,β-unsaturated/α-hetero) is 1. The quantitative estimate of drug-likeness (QED) is 0.280. The van der Waals surface area contributed by atoms with Gasteiger partial charge in [-0.3, -0.25) is 24.5 Å². The summed E-state index contributed by atoms with van der Waals surface area (Å²) in [6.07, 6.45) is 3.98. The number of nitrogens with zero attached hydrogens (tertiary/aromatic N) is 4. The number of nitro benzene ring substituents is 1. The van der Waals surface area contributed by atoms with E-state index in [4.69, 9.17) is 0 Å². The van der Waals surface area contributed by atoms with Crippen LogP contribution < -0.4 is 0 Å². The molecule has 0 bridgehead atoms. The Morgan fingerprint density at radius 2 is 1.95 bits per heavy atom. The van der Waals surface area contributed by atoms with Gasteiger partial charge in [-0.1, -0.05) is 24.8 Å². The first-order valence-corrected chi connectivity index (χ1v) is 12.3. The second-order valence-corrected chi connectivity index (χ2v) is 9.87. The van der Waals surface area contributed by atoms with Crippen molar-refractivity contribution in [2.45, 2.75) is 32.9 Å². The van der Waals surface area contributed by atoms with Crippen LogP contribution in [0.5, 0.6) is 0 Å². The Bertz CT molecular complexity index is 1450. The number of carbonyl (C=O) groups is 3. The van der Waals surface area contributed by atoms with Gasteiger partial charge in [-0.2, -0.15) is 0 Å².